The maximum atomic E-state index is 13.0. The third-order valence-electron chi connectivity index (χ3n) is 1.31. The molecule has 0 saturated heterocycles. The minimum Gasteiger partial charge on any atom is -0.542 e. The van der Waals surface area contributed by atoms with Gasteiger partial charge in [0.05, 0.1) is 0 Å². The smallest absolute Gasteiger partial charge is 0.242 e. The van der Waals surface area contributed by atoms with Gasteiger partial charge in [-0.2, -0.15) is 0 Å². The number of hydrogen-bond donors (Lipinski definition) is 0. The van der Waals surface area contributed by atoms with E-state index in [0.717, 1.165) is 18.2 Å². The first-order valence-electron chi connectivity index (χ1n) is 4.02. The molecule has 4 heteroatoms. The molecule has 0 N–H and O–H groups in total. The first-order valence-corrected chi connectivity index (χ1v) is 7.43. The molecule has 1 aromatic carbocycles. The maximum absolute atomic E-state index is 13.0. The quantitative estimate of drug-likeness (QED) is 0.669. The van der Waals surface area contributed by atoms with Crippen LogP contribution in [0.2, 0.25) is 19.6 Å². The molecule has 0 bridgehead atoms. The first kappa shape index (κ1) is 10.2. The van der Waals surface area contributed by atoms with Crippen molar-refractivity contribution < 1.29 is 13.2 Å². The van der Waals surface area contributed by atoms with E-state index in [9.17, 15) is 8.78 Å². The van der Waals surface area contributed by atoms with Crippen LogP contribution in [0.5, 0.6) is 5.75 Å². The summed E-state index contributed by atoms with van der Waals surface area (Å²) in [5, 5.41) is 0. The maximum Gasteiger partial charge on any atom is 0.242 e. The highest BCUT2D eigenvalue weighted by atomic mass is 28.4. The van der Waals surface area contributed by atoms with E-state index in [1.165, 1.54) is 0 Å². The Kier molecular flexibility index (Phi) is 2.70. The summed E-state index contributed by atoms with van der Waals surface area (Å²) in [7, 11) is -1.86. The van der Waals surface area contributed by atoms with E-state index in [2.05, 4.69) is 0 Å². The van der Waals surface area contributed by atoms with Gasteiger partial charge in [-0.25, -0.2) is 8.78 Å². The lowest BCUT2D eigenvalue weighted by Crippen LogP contribution is -2.29. The van der Waals surface area contributed by atoms with Gasteiger partial charge in [-0.3, -0.25) is 0 Å². The van der Waals surface area contributed by atoms with Crippen molar-refractivity contribution in [1.82, 2.24) is 0 Å². The molecule has 0 fully saturated rings. The molecule has 0 atom stereocenters. The van der Waals surface area contributed by atoms with Gasteiger partial charge >= 0.3 is 0 Å². The molecule has 0 heterocycles. The highest BCUT2D eigenvalue weighted by molar-refractivity contribution is 6.70. The molecule has 1 aromatic rings. The van der Waals surface area contributed by atoms with Crippen LogP contribution in [0.4, 0.5) is 8.78 Å². The molecule has 13 heavy (non-hydrogen) atoms. The predicted molar refractivity (Wildman–Crippen MR) is 50.3 cm³/mol. The summed E-state index contributed by atoms with van der Waals surface area (Å²) in [6, 6.07) is 3.23. The predicted octanol–water partition coefficient (Wildman–Crippen LogP) is 3.18. The van der Waals surface area contributed by atoms with Crippen molar-refractivity contribution in [2.45, 2.75) is 19.6 Å². The van der Waals surface area contributed by atoms with Crippen molar-refractivity contribution in [1.29, 1.82) is 0 Å². The summed E-state index contributed by atoms with van der Waals surface area (Å²) in [5.74, 6) is -0.974. The molecular weight excluding hydrogens is 190 g/mol. The SMILES string of the molecule is C[Si](C)(C)Oc1cc(F)ccc1F. The summed E-state index contributed by atoms with van der Waals surface area (Å²) < 4.78 is 31.1. The second-order valence-electron chi connectivity index (χ2n) is 3.79. The Morgan fingerprint density at radius 2 is 1.77 bits per heavy atom. The van der Waals surface area contributed by atoms with Crippen molar-refractivity contribution in [2.24, 2.45) is 0 Å². The zero-order valence-corrected chi connectivity index (χ0v) is 8.90. The molecule has 0 aromatic heterocycles. The van der Waals surface area contributed by atoms with Gasteiger partial charge in [0.2, 0.25) is 8.32 Å². The lowest BCUT2D eigenvalue weighted by atomic mass is 10.3. The Morgan fingerprint density at radius 3 is 2.31 bits per heavy atom. The number of halogens is 2. The topological polar surface area (TPSA) is 9.23 Å². The van der Waals surface area contributed by atoms with Gasteiger partial charge in [0.1, 0.15) is 11.6 Å². The van der Waals surface area contributed by atoms with Gasteiger partial charge < -0.3 is 4.43 Å². The summed E-state index contributed by atoms with van der Waals surface area (Å²) in [6.07, 6.45) is 0. The van der Waals surface area contributed by atoms with Gasteiger partial charge in [0.15, 0.2) is 5.82 Å². The van der Waals surface area contributed by atoms with Crippen LogP contribution in [-0.2, 0) is 0 Å². The van der Waals surface area contributed by atoms with Gasteiger partial charge in [0, 0.05) is 6.07 Å². The van der Waals surface area contributed by atoms with Crippen LogP contribution in [0.3, 0.4) is 0 Å². The van der Waals surface area contributed by atoms with Crippen molar-refractivity contribution in [3.05, 3.63) is 29.8 Å². The third-order valence-corrected chi connectivity index (χ3v) is 2.14. The number of rotatable bonds is 2. The zero-order valence-electron chi connectivity index (χ0n) is 7.90. The molecule has 0 aliphatic rings. The Morgan fingerprint density at radius 1 is 1.15 bits per heavy atom. The van der Waals surface area contributed by atoms with Crippen molar-refractivity contribution in [2.75, 3.05) is 0 Å². The lowest BCUT2D eigenvalue weighted by molar-refractivity contribution is 0.486. The molecule has 0 radical (unpaired) electrons. The van der Waals surface area contributed by atoms with Crippen LogP contribution in [0.15, 0.2) is 18.2 Å². The monoisotopic (exact) mass is 202 g/mol. The minimum atomic E-state index is -1.86. The Hall–Kier alpha value is -0.903. The van der Waals surface area contributed by atoms with Gasteiger partial charge in [-0.15, -0.1) is 0 Å². The largest absolute Gasteiger partial charge is 0.542 e. The van der Waals surface area contributed by atoms with E-state index in [1.807, 2.05) is 19.6 Å². The van der Waals surface area contributed by atoms with Gasteiger partial charge in [-0.05, 0) is 31.8 Å². The highest BCUT2D eigenvalue weighted by Gasteiger charge is 2.18. The van der Waals surface area contributed by atoms with Crippen LogP contribution in [0.1, 0.15) is 0 Å². The molecule has 0 aliphatic carbocycles. The molecule has 0 unspecified atom stereocenters. The normalized spacial score (nSPS) is 11.5. The average Bonchev–Trinajstić information content (AvgIpc) is 1.94. The minimum absolute atomic E-state index is 0.0131. The van der Waals surface area contributed by atoms with Crippen molar-refractivity contribution in [3.8, 4) is 5.75 Å². The second kappa shape index (κ2) is 3.45. The van der Waals surface area contributed by atoms with Gasteiger partial charge in [0.25, 0.3) is 0 Å². The Labute approximate surface area is 77.5 Å². The van der Waals surface area contributed by atoms with E-state index in [1.54, 1.807) is 0 Å². The molecule has 0 aliphatic heterocycles. The van der Waals surface area contributed by atoms with E-state index < -0.39 is 20.0 Å². The molecule has 0 amide bonds. The first-order chi connectivity index (χ1) is 5.88. The fourth-order valence-corrected chi connectivity index (χ4v) is 1.70. The van der Waals surface area contributed by atoms with E-state index in [4.69, 9.17) is 4.43 Å². The van der Waals surface area contributed by atoms with Crippen LogP contribution >= 0.6 is 0 Å². The Balaban J connectivity index is 2.94. The summed E-state index contributed by atoms with van der Waals surface area (Å²) in [6.45, 7) is 5.74. The highest BCUT2D eigenvalue weighted by Crippen LogP contribution is 2.21. The zero-order chi connectivity index (χ0) is 10.1. The van der Waals surface area contributed by atoms with Crippen LogP contribution < -0.4 is 4.43 Å². The second-order valence-corrected chi connectivity index (χ2v) is 8.22. The molecule has 0 spiro atoms. The number of benzene rings is 1. The molecule has 72 valence electrons. The summed E-state index contributed by atoms with van der Waals surface area (Å²) in [5.41, 5.74) is 0. The van der Waals surface area contributed by atoms with Crippen molar-refractivity contribution in [3.63, 3.8) is 0 Å². The van der Waals surface area contributed by atoms with Crippen LogP contribution in [0.25, 0.3) is 0 Å². The van der Waals surface area contributed by atoms with Crippen LogP contribution in [-0.4, -0.2) is 8.32 Å². The van der Waals surface area contributed by atoms with Crippen molar-refractivity contribution >= 4 is 8.32 Å². The van der Waals surface area contributed by atoms with Crippen LogP contribution in [0, 0.1) is 11.6 Å². The van der Waals surface area contributed by atoms with E-state index >= 15 is 0 Å². The standard InChI is InChI=1S/C9H12F2OSi/c1-13(2,3)12-9-6-7(10)4-5-8(9)11/h4-6H,1-3H3. The molecule has 1 rings (SSSR count). The summed E-state index contributed by atoms with van der Waals surface area (Å²) >= 11 is 0. The fraction of sp³-hybridized carbons (Fsp3) is 0.333. The summed E-state index contributed by atoms with van der Waals surface area (Å²) in [4.78, 5) is 0. The average molecular weight is 202 g/mol. The van der Waals surface area contributed by atoms with Gasteiger partial charge in [-0.1, -0.05) is 0 Å². The third kappa shape index (κ3) is 3.14. The lowest BCUT2D eigenvalue weighted by Gasteiger charge is -2.19. The molecule has 0 saturated carbocycles. The molecule has 1 nitrogen and oxygen atoms in total. The Bertz CT molecular complexity index is 307. The number of hydrogen-bond acceptors (Lipinski definition) is 1. The molecular formula is C9H12F2OSi. The van der Waals surface area contributed by atoms with E-state index in [-0.39, 0.29) is 5.75 Å². The van der Waals surface area contributed by atoms with E-state index in [0.29, 0.717) is 0 Å². The fourth-order valence-electron chi connectivity index (χ4n) is 0.885.